The van der Waals surface area contributed by atoms with E-state index in [0.29, 0.717) is 23.8 Å². The Kier molecular flexibility index (Phi) is 3.73. The highest BCUT2D eigenvalue weighted by Gasteiger charge is 2.15. The fourth-order valence-electron chi connectivity index (χ4n) is 1.37. The second kappa shape index (κ2) is 5.27. The van der Waals surface area contributed by atoms with Crippen molar-refractivity contribution in [3.63, 3.8) is 0 Å². The van der Waals surface area contributed by atoms with Gasteiger partial charge in [0.1, 0.15) is 6.10 Å². The summed E-state index contributed by atoms with van der Waals surface area (Å²) in [7, 11) is 0. The van der Waals surface area contributed by atoms with Crippen LogP contribution in [-0.4, -0.2) is 21.8 Å². The van der Waals surface area contributed by atoms with Crippen LogP contribution in [0.4, 0.5) is 0 Å². The molecular formula is C11H12ClN3O2. The van der Waals surface area contributed by atoms with E-state index in [2.05, 4.69) is 10.1 Å². The van der Waals surface area contributed by atoms with E-state index in [1.165, 1.54) is 0 Å². The SMILES string of the molecule is NCCC(O)c1nc(-c2ccc(Cl)cc2)no1. The zero-order valence-electron chi connectivity index (χ0n) is 9.01. The van der Waals surface area contributed by atoms with Gasteiger partial charge in [-0.05, 0) is 37.2 Å². The minimum atomic E-state index is -0.812. The molecule has 0 saturated carbocycles. The molecule has 1 aromatic carbocycles. The number of aliphatic hydroxyl groups is 1. The topological polar surface area (TPSA) is 85.2 Å². The van der Waals surface area contributed by atoms with Crippen molar-refractivity contribution in [2.24, 2.45) is 5.73 Å². The molecule has 0 saturated heterocycles. The number of rotatable bonds is 4. The Morgan fingerprint density at radius 2 is 2.06 bits per heavy atom. The van der Waals surface area contributed by atoms with Gasteiger partial charge in [-0.15, -0.1) is 0 Å². The predicted molar refractivity (Wildman–Crippen MR) is 63.4 cm³/mol. The number of halogens is 1. The molecule has 2 aromatic rings. The molecule has 0 aliphatic carbocycles. The van der Waals surface area contributed by atoms with E-state index >= 15 is 0 Å². The first-order valence-corrected chi connectivity index (χ1v) is 5.56. The maximum absolute atomic E-state index is 9.63. The molecule has 3 N–H and O–H groups in total. The second-order valence-corrected chi connectivity index (χ2v) is 3.99. The van der Waals surface area contributed by atoms with Crippen LogP contribution in [0.3, 0.4) is 0 Å². The lowest BCUT2D eigenvalue weighted by atomic mass is 10.2. The third-order valence-corrected chi connectivity index (χ3v) is 2.52. The maximum Gasteiger partial charge on any atom is 0.255 e. The van der Waals surface area contributed by atoms with Crippen molar-refractivity contribution in [1.82, 2.24) is 10.1 Å². The standard InChI is InChI=1S/C11H12ClN3O2/c12-8-3-1-7(2-4-8)10-14-11(17-15-10)9(16)5-6-13/h1-4,9,16H,5-6,13H2. The van der Waals surface area contributed by atoms with E-state index in [0.717, 1.165) is 5.56 Å². The number of nitrogens with zero attached hydrogens (tertiary/aromatic N) is 2. The summed E-state index contributed by atoms with van der Waals surface area (Å²) in [6.07, 6.45) is -0.420. The summed E-state index contributed by atoms with van der Waals surface area (Å²) >= 11 is 5.78. The van der Waals surface area contributed by atoms with E-state index < -0.39 is 6.10 Å². The third kappa shape index (κ3) is 2.82. The quantitative estimate of drug-likeness (QED) is 0.867. The van der Waals surface area contributed by atoms with Crippen molar-refractivity contribution in [2.45, 2.75) is 12.5 Å². The summed E-state index contributed by atoms with van der Waals surface area (Å²) in [5.41, 5.74) is 6.12. The molecule has 5 nitrogen and oxygen atoms in total. The molecule has 0 bridgehead atoms. The fraction of sp³-hybridized carbons (Fsp3) is 0.273. The number of aromatic nitrogens is 2. The number of hydrogen-bond donors (Lipinski definition) is 2. The Labute approximate surface area is 103 Å². The van der Waals surface area contributed by atoms with Gasteiger partial charge in [-0.2, -0.15) is 4.98 Å². The molecule has 0 spiro atoms. The summed E-state index contributed by atoms with van der Waals surface area (Å²) in [5, 5.41) is 14.1. The van der Waals surface area contributed by atoms with Gasteiger partial charge in [0, 0.05) is 10.6 Å². The molecule has 1 aromatic heterocycles. The fourth-order valence-corrected chi connectivity index (χ4v) is 1.49. The molecule has 6 heteroatoms. The van der Waals surface area contributed by atoms with E-state index in [4.69, 9.17) is 21.9 Å². The summed E-state index contributed by atoms with van der Waals surface area (Å²) in [4.78, 5) is 4.10. The van der Waals surface area contributed by atoms with Crippen LogP contribution in [0.25, 0.3) is 11.4 Å². The van der Waals surface area contributed by atoms with E-state index in [1.54, 1.807) is 24.3 Å². The Morgan fingerprint density at radius 3 is 2.71 bits per heavy atom. The van der Waals surface area contributed by atoms with Crippen LogP contribution < -0.4 is 5.73 Å². The number of nitrogens with two attached hydrogens (primary N) is 1. The monoisotopic (exact) mass is 253 g/mol. The maximum atomic E-state index is 9.63. The van der Waals surface area contributed by atoms with Crippen molar-refractivity contribution in [3.8, 4) is 11.4 Å². The van der Waals surface area contributed by atoms with Gasteiger partial charge in [0.05, 0.1) is 0 Å². The molecular weight excluding hydrogens is 242 g/mol. The summed E-state index contributed by atoms with van der Waals surface area (Å²) < 4.78 is 4.96. The summed E-state index contributed by atoms with van der Waals surface area (Å²) in [5.74, 6) is 0.605. The average molecular weight is 254 g/mol. The molecule has 1 atom stereocenters. The molecule has 0 radical (unpaired) electrons. The normalized spacial score (nSPS) is 12.6. The van der Waals surface area contributed by atoms with Gasteiger partial charge in [-0.25, -0.2) is 0 Å². The highest BCUT2D eigenvalue weighted by atomic mass is 35.5. The lowest BCUT2D eigenvalue weighted by Crippen LogP contribution is -2.06. The zero-order chi connectivity index (χ0) is 12.3. The van der Waals surface area contributed by atoms with Gasteiger partial charge in [0.15, 0.2) is 0 Å². The highest BCUT2D eigenvalue weighted by molar-refractivity contribution is 6.30. The Hall–Kier alpha value is -1.43. The number of aliphatic hydroxyl groups excluding tert-OH is 1. The highest BCUT2D eigenvalue weighted by Crippen LogP contribution is 2.21. The van der Waals surface area contributed by atoms with Crippen molar-refractivity contribution < 1.29 is 9.63 Å². The number of hydrogen-bond acceptors (Lipinski definition) is 5. The predicted octanol–water partition coefficient (Wildman–Crippen LogP) is 1.77. The van der Waals surface area contributed by atoms with Crippen LogP contribution in [0, 0.1) is 0 Å². The Balaban J connectivity index is 2.20. The molecule has 1 unspecified atom stereocenters. The zero-order valence-corrected chi connectivity index (χ0v) is 9.76. The first-order valence-electron chi connectivity index (χ1n) is 5.18. The second-order valence-electron chi connectivity index (χ2n) is 3.56. The smallest absolute Gasteiger partial charge is 0.255 e. The van der Waals surface area contributed by atoms with Crippen molar-refractivity contribution in [3.05, 3.63) is 35.2 Å². The van der Waals surface area contributed by atoms with E-state index in [9.17, 15) is 5.11 Å². The molecule has 0 aliphatic rings. The molecule has 0 fully saturated rings. The first-order chi connectivity index (χ1) is 8.20. The van der Waals surface area contributed by atoms with Gasteiger partial charge in [0.2, 0.25) is 5.82 Å². The van der Waals surface area contributed by atoms with Crippen molar-refractivity contribution in [1.29, 1.82) is 0 Å². The van der Waals surface area contributed by atoms with E-state index in [1.807, 2.05) is 0 Å². The van der Waals surface area contributed by atoms with Gasteiger partial charge >= 0.3 is 0 Å². The third-order valence-electron chi connectivity index (χ3n) is 2.27. The molecule has 2 rings (SSSR count). The molecule has 17 heavy (non-hydrogen) atoms. The minimum Gasteiger partial charge on any atom is -0.383 e. The first kappa shape index (κ1) is 12.0. The average Bonchev–Trinajstić information content (AvgIpc) is 2.80. The number of benzene rings is 1. The summed E-state index contributed by atoms with van der Waals surface area (Å²) in [6, 6.07) is 7.05. The van der Waals surface area contributed by atoms with E-state index in [-0.39, 0.29) is 5.89 Å². The van der Waals surface area contributed by atoms with Crippen LogP contribution in [-0.2, 0) is 0 Å². The van der Waals surface area contributed by atoms with Crippen LogP contribution in [0.2, 0.25) is 5.02 Å². The van der Waals surface area contributed by atoms with Gasteiger partial charge in [-0.3, -0.25) is 0 Å². The minimum absolute atomic E-state index is 0.181. The van der Waals surface area contributed by atoms with Crippen molar-refractivity contribution in [2.75, 3.05) is 6.54 Å². The van der Waals surface area contributed by atoms with Gasteiger partial charge < -0.3 is 15.4 Å². The van der Waals surface area contributed by atoms with Crippen molar-refractivity contribution >= 4 is 11.6 Å². The molecule has 90 valence electrons. The van der Waals surface area contributed by atoms with Crippen LogP contribution in [0.5, 0.6) is 0 Å². The lowest BCUT2D eigenvalue weighted by molar-refractivity contribution is 0.127. The van der Waals surface area contributed by atoms with Crippen LogP contribution in [0.15, 0.2) is 28.8 Å². The summed E-state index contributed by atoms with van der Waals surface area (Å²) in [6.45, 7) is 0.361. The van der Waals surface area contributed by atoms with Gasteiger partial charge in [-0.1, -0.05) is 16.8 Å². The van der Waals surface area contributed by atoms with Crippen LogP contribution >= 0.6 is 11.6 Å². The largest absolute Gasteiger partial charge is 0.383 e. The lowest BCUT2D eigenvalue weighted by Gasteiger charge is -2.00. The Bertz CT molecular complexity index is 484. The molecule has 0 aliphatic heterocycles. The van der Waals surface area contributed by atoms with Gasteiger partial charge in [0.25, 0.3) is 5.89 Å². The molecule has 0 amide bonds. The molecule has 1 heterocycles. The Morgan fingerprint density at radius 1 is 1.35 bits per heavy atom. The van der Waals surface area contributed by atoms with Crippen LogP contribution in [0.1, 0.15) is 18.4 Å².